The maximum Gasteiger partial charge on any atom is 0.326 e. The number of nitrogens with zero attached hydrogens (tertiary/aromatic N) is 3. The Kier molecular flexibility index (Phi) is 7.38. The van der Waals surface area contributed by atoms with Crippen molar-refractivity contribution in [1.82, 2.24) is 20.3 Å². The van der Waals surface area contributed by atoms with E-state index in [2.05, 4.69) is 20.3 Å². The molecule has 0 aliphatic heterocycles. The number of H-pyrrole nitrogens is 1. The lowest BCUT2D eigenvalue weighted by atomic mass is 10.1. The van der Waals surface area contributed by atoms with Gasteiger partial charge in [0.15, 0.2) is 5.01 Å². The fourth-order valence-electron chi connectivity index (χ4n) is 3.23. The molecule has 3 rings (SSSR count). The SMILES string of the molecule is CCN(Cc1ccc2nc(C)[nH]c(=O)c2c1)c1cnc(C(=O)N[C@@H](CCC(=O)O)C(=O)O)s1. The summed E-state index contributed by atoms with van der Waals surface area (Å²) in [5.74, 6) is -2.60. The predicted octanol–water partition coefficient (Wildman–Crippen LogP) is 1.76. The summed E-state index contributed by atoms with van der Waals surface area (Å²) in [6.45, 7) is 4.71. The Morgan fingerprint density at radius 1 is 1.27 bits per heavy atom. The van der Waals surface area contributed by atoms with Gasteiger partial charge in [0, 0.05) is 19.5 Å². The first-order chi connectivity index (χ1) is 15.7. The smallest absolute Gasteiger partial charge is 0.326 e. The number of benzene rings is 1. The molecule has 0 unspecified atom stereocenters. The zero-order valence-corrected chi connectivity index (χ0v) is 18.8. The highest BCUT2D eigenvalue weighted by atomic mass is 32.1. The first kappa shape index (κ1) is 23.9. The van der Waals surface area contributed by atoms with E-state index in [-0.39, 0.29) is 23.4 Å². The number of fused-ring (bicyclic) bond motifs is 1. The highest BCUT2D eigenvalue weighted by Crippen LogP contribution is 2.25. The zero-order valence-electron chi connectivity index (χ0n) is 18.0. The molecule has 0 spiro atoms. The fourth-order valence-corrected chi connectivity index (χ4v) is 4.11. The molecule has 0 fully saturated rings. The van der Waals surface area contributed by atoms with E-state index in [0.29, 0.717) is 34.8 Å². The molecule has 0 bridgehead atoms. The van der Waals surface area contributed by atoms with E-state index in [0.717, 1.165) is 16.9 Å². The Labute approximate surface area is 192 Å². The number of aromatic nitrogens is 3. The molecule has 3 aromatic rings. The quantitative estimate of drug-likeness (QED) is 0.343. The summed E-state index contributed by atoms with van der Waals surface area (Å²) in [6, 6.07) is 4.12. The van der Waals surface area contributed by atoms with Gasteiger partial charge in [-0.3, -0.25) is 14.4 Å². The molecule has 0 saturated carbocycles. The fraction of sp³-hybridized carbons (Fsp3) is 0.333. The van der Waals surface area contributed by atoms with E-state index in [1.165, 1.54) is 6.20 Å². The van der Waals surface area contributed by atoms with Crippen LogP contribution in [0.1, 0.15) is 41.0 Å². The number of aliphatic carboxylic acids is 2. The Morgan fingerprint density at radius 2 is 2.03 bits per heavy atom. The lowest BCUT2D eigenvalue weighted by Crippen LogP contribution is -2.41. The number of carboxylic acid groups (broad SMARTS) is 2. The van der Waals surface area contributed by atoms with E-state index >= 15 is 0 Å². The predicted molar refractivity (Wildman–Crippen MR) is 122 cm³/mol. The maximum absolute atomic E-state index is 12.5. The number of carbonyl (C=O) groups is 3. The zero-order chi connectivity index (χ0) is 24.1. The molecular weight excluding hydrogens is 450 g/mol. The Balaban J connectivity index is 1.74. The molecule has 4 N–H and O–H groups in total. The molecule has 174 valence electrons. The normalized spacial score (nSPS) is 11.8. The number of hydrogen-bond acceptors (Lipinski definition) is 8. The Hall–Kier alpha value is -3.80. The molecular formula is C21H23N5O6S. The highest BCUT2D eigenvalue weighted by molar-refractivity contribution is 7.17. The monoisotopic (exact) mass is 473 g/mol. The van der Waals surface area contributed by atoms with E-state index in [9.17, 15) is 24.3 Å². The number of thiazole rings is 1. The van der Waals surface area contributed by atoms with E-state index in [1.54, 1.807) is 19.1 Å². The summed E-state index contributed by atoms with van der Waals surface area (Å²) in [7, 11) is 0. The second-order valence-electron chi connectivity index (χ2n) is 7.32. The molecule has 2 heterocycles. The average Bonchev–Trinajstić information content (AvgIpc) is 3.25. The van der Waals surface area contributed by atoms with Gasteiger partial charge in [-0.2, -0.15) is 0 Å². The summed E-state index contributed by atoms with van der Waals surface area (Å²) in [5, 5.41) is 21.5. The number of anilines is 1. The minimum absolute atomic E-state index is 0.0691. The lowest BCUT2D eigenvalue weighted by molar-refractivity contribution is -0.140. The molecule has 0 aliphatic carbocycles. The van der Waals surface area contributed by atoms with Gasteiger partial charge in [0.2, 0.25) is 0 Å². The second kappa shape index (κ2) is 10.2. The first-order valence-electron chi connectivity index (χ1n) is 10.1. The lowest BCUT2D eigenvalue weighted by Gasteiger charge is -2.20. The summed E-state index contributed by atoms with van der Waals surface area (Å²) < 4.78 is 0. The van der Waals surface area contributed by atoms with Crippen LogP contribution in [0, 0.1) is 6.92 Å². The number of aryl methyl sites for hydroxylation is 1. The minimum atomic E-state index is -1.32. The number of hydrogen-bond donors (Lipinski definition) is 4. The van der Waals surface area contributed by atoms with E-state index in [4.69, 9.17) is 5.11 Å². The van der Waals surface area contributed by atoms with Gasteiger partial charge in [0.1, 0.15) is 16.9 Å². The van der Waals surface area contributed by atoms with Crippen LogP contribution in [0.15, 0.2) is 29.2 Å². The van der Waals surface area contributed by atoms with Gasteiger partial charge >= 0.3 is 11.9 Å². The van der Waals surface area contributed by atoms with Crippen molar-refractivity contribution in [1.29, 1.82) is 0 Å². The van der Waals surface area contributed by atoms with Crippen LogP contribution in [0.25, 0.3) is 10.9 Å². The standard InChI is InChI=1S/C21H23N5O6S/c1-3-26(10-12-4-5-14-13(8-12)18(29)24-11(2)23-14)16-9-22-20(33-16)19(30)25-15(21(31)32)6-7-17(27)28/h4-5,8-9,15H,3,6-7,10H2,1-2H3,(H,25,30)(H,27,28)(H,31,32)(H,23,24,29)/t15-/m0/s1. The number of nitrogens with one attached hydrogen (secondary N) is 2. The topological polar surface area (TPSA) is 166 Å². The van der Waals surface area contributed by atoms with Crippen molar-refractivity contribution in [2.45, 2.75) is 39.3 Å². The Morgan fingerprint density at radius 3 is 2.70 bits per heavy atom. The molecule has 0 radical (unpaired) electrons. The molecule has 12 heteroatoms. The van der Waals surface area contributed by atoms with E-state index in [1.807, 2.05) is 17.9 Å². The van der Waals surface area contributed by atoms with Crippen molar-refractivity contribution in [2.75, 3.05) is 11.4 Å². The third kappa shape index (κ3) is 5.92. The van der Waals surface area contributed by atoms with Crippen LogP contribution in [-0.4, -0.2) is 55.6 Å². The van der Waals surface area contributed by atoms with Gasteiger partial charge in [0.25, 0.3) is 11.5 Å². The molecule has 33 heavy (non-hydrogen) atoms. The molecule has 1 amide bonds. The average molecular weight is 474 g/mol. The number of amides is 1. The maximum atomic E-state index is 12.5. The molecule has 0 saturated heterocycles. The van der Waals surface area contributed by atoms with Crippen molar-refractivity contribution in [3.8, 4) is 0 Å². The molecule has 1 atom stereocenters. The van der Waals surface area contributed by atoms with Gasteiger partial charge in [-0.25, -0.2) is 14.8 Å². The van der Waals surface area contributed by atoms with Crippen molar-refractivity contribution < 1.29 is 24.6 Å². The molecule has 2 aromatic heterocycles. The van der Waals surface area contributed by atoms with Crippen molar-refractivity contribution in [2.24, 2.45) is 0 Å². The van der Waals surface area contributed by atoms with Crippen LogP contribution < -0.4 is 15.8 Å². The van der Waals surface area contributed by atoms with Crippen molar-refractivity contribution >= 4 is 45.1 Å². The molecule has 0 aliphatic rings. The molecule has 11 nitrogen and oxygen atoms in total. The number of aromatic amines is 1. The van der Waals surface area contributed by atoms with Crippen LogP contribution in [-0.2, 0) is 16.1 Å². The van der Waals surface area contributed by atoms with Crippen LogP contribution in [0.4, 0.5) is 5.00 Å². The largest absolute Gasteiger partial charge is 0.481 e. The van der Waals surface area contributed by atoms with Crippen molar-refractivity contribution in [3.05, 3.63) is 51.1 Å². The van der Waals surface area contributed by atoms with Crippen LogP contribution >= 0.6 is 11.3 Å². The third-order valence-electron chi connectivity index (χ3n) is 4.89. The number of rotatable bonds is 10. The number of carboxylic acids is 2. The molecule has 1 aromatic carbocycles. The summed E-state index contributed by atoms with van der Waals surface area (Å²) >= 11 is 1.09. The van der Waals surface area contributed by atoms with Crippen LogP contribution in [0.5, 0.6) is 0 Å². The third-order valence-corrected chi connectivity index (χ3v) is 5.95. The van der Waals surface area contributed by atoms with Gasteiger partial charge in [0.05, 0.1) is 17.1 Å². The first-order valence-corrected chi connectivity index (χ1v) is 11.0. The van der Waals surface area contributed by atoms with Gasteiger partial charge < -0.3 is 25.4 Å². The summed E-state index contributed by atoms with van der Waals surface area (Å²) in [5.41, 5.74) is 1.27. The number of carbonyl (C=O) groups excluding carboxylic acids is 1. The van der Waals surface area contributed by atoms with Gasteiger partial charge in [-0.1, -0.05) is 17.4 Å². The van der Waals surface area contributed by atoms with Crippen molar-refractivity contribution in [3.63, 3.8) is 0 Å². The van der Waals surface area contributed by atoms with Crippen LogP contribution in [0.2, 0.25) is 0 Å². The van der Waals surface area contributed by atoms with Gasteiger partial charge in [-0.05, 0) is 38.0 Å². The summed E-state index contributed by atoms with van der Waals surface area (Å²) in [6.07, 6.45) is 0.910. The van der Waals surface area contributed by atoms with Crippen LogP contribution in [0.3, 0.4) is 0 Å². The van der Waals surface area contributed by atoms with Gasteiger partial charge in [-0.15, -0.1) is 0 Å². The minimum Gasteiger partial charge on any atom is -0.481 e. The Bertz CT molecular complexity index is 1250. The van der Waals surface area contributed by atoms with E-state index < -0.39 is 23.9 Å². The summed E-state index contributed by atoms with van der Waals surface area (Å²) in [4.78, 5) is 59.8. The highest BCUT2D eigenvalue weighted by Gasteiger charge is 2.23. The second-order valence-corrected chi connectivity index (χ2v) is 8.33.